The van der Waals surface area contributed by atoms with Gasteiger partial charge in [0.15, 0.2) is 29.6 Å². The van der Waals surface area contributed by atoms with Crippen molar-refractivity contribution < 1.29 is 48.7 Å². The lowest BCUT2D eigenvalue weighted by Crippen LogP contribution is -2.73. The van der Waals surface area contributed by atoms with E-state index in [1.54, 1.807) is 0 Å². The number of aliphatic carboxylic acids is 1. The summed E-state index contributed by atoms with van der Waals surface area (Å²) in [6, 6.07) is 9.59. The van der Waals surface area contributed by atoms with Gasteiger partial charge in [0.1, 0.15) is 12.2 Å². The van der Waals surface area contributed by atoms with Crippen LogP contribution in [0.3, 0.4) is 0 Å². The van der Waals surface area contributed by atoms with Crippen molar-refractivity contribution in [1.82, 2.24) is 0 Å². The summed E-state index contributed by atoms with van der Waals surface area (Å²) < 4.78 is 16.9. The van der Waals surface area contributed by atoms with Gasteiger partial charge in [0.25, 0.3) is 0 Å². The van der Waals surface area contributed by atoms with Crippen LogP contribution in [0, 0.1) is 5.92 Å². The quantitative estimate of drug-likeness (QED) is 0.228. The molecule has 2 aliphatic heterocycles. The third-order valence-electron chi connectivity index (χ3n) is 7.00. The first kappa shape index (κ1) is 27.7. The van der Waals surface area contributed by atoms with E-state index in [1.165, 1.54) is 6.92 Å². The first-order valence-corrected chi connectivity index (χ1v) is 11.7. The average Bonchev–Trinajstić information content (AvgIpc) is 3.09. The number of carboxylic acids is 1. The molecule has 7 atom stereocenters. The van der Waals surface area contributed by atoms with Crippen molar-refractivity contribution in [3.63, 3.8) is 0 Å². The van der Waals surface area contributed by atoms with Crippen LogP contribution < -0.4 is 0 Å². The highest BCUT2D eigenvalue weighted by molar-refractivity contribution is 5.94. The van der Waals surface area contributed by atoms with E-state index in [1.807, 2.05) is 37.3 Å². The van der Waals surface area contributed by atoms with E-state index in [0.717, 1.165) is 12.5 Å². The second-order valence-electron chi connectivity index (χ2n) is 9.67. The molecule has 10 nitrogen and oxygen atoms in total. The maximum Gasteiger partial charge on any atom is 0.339 e. The largest absolute Gasteiger partial charge is 0.479 e. The Morgan fingerprint density at radius 2 is 1.89 bits per heavy atom. The standard InChI is InChI=1S/C26H32O10/c1-15(21(34-18(4)29)16(2)12-19-8-6-5-7-9-19)10-11-26-20(30)13-25(36-26,23(31)32)24(33,14-27)22(35-26)17(3)28/h5-9,14,16,20-22,30,33H,1,10-13H2,2-4H3,(H,31,32)/t16-,20-,21-,22?,24?,25?,26?/m1/s1. The molecule has 1 aromatic rings. The lowest BCUT2D eigenvalue weighted by molar-refractivity contribution is -0.364. The number of rotatable bonds is 11. The summed E-state index contributed by atoms with van der Waals surface area (Å²) in [5, 5.41) is 31.6. The summed E-state index contributed by atoms with van der Waals surface area (Å²) in [4.78, 5) is 48.1. The highest BCUT2D eigenvalue weighted by Crippen LogP contribution is 2.54. The van der Waals surface area contributed by atoms with Gasteiger partial charge in [0.2, 0.25) is 5.60 Å². The zero-order chi connectivity index (χ0) is 26.9. The molecule has 0 radical (unpaired) electrons. The summed E-state index contributed by atoms with van der Waals surface area (Å²) in [6.45, 7) is 8.27. The van der Waals surface area contributed by atoms with Crippen molar-refractivity contribution >= 4 is 24.0 Å². The first-order valence-electron chi connectivity index (χ1n) is 11.7. The van der Waals surface area contributed by atoms with E-state index in [9.17, 15) is 34.5 Å². The number of carbonyl (C=O) groups excluding carboxylic acids is 3. The predicted octanol–water partition coefficient (Wildman–Crippen LogP) is 1.35. The fraction of sp³-hybridized carbons (Fsp3) is 0.538. The molecule has 3 rings (SSSR count). The van der Waals surface area contributed by atoms with Crippen LogP contribution in [0.15, 0.2) is 42.5 Å². The molecule has 0 aromatic heterocycles. The number of ether oxygens (including phenoxy) is 3. The molecule has 2 fully saturated rings. The number of benzene rings is 1. The Morgan fingerprint density at radius 1 is 1.25 bits per heavy atom. The van der Waals surface area contributed by atoms with Crippen molar-refractivity contribution in [1.29, 1.82) is 0 Å². The summed E-state index contributed by atoms with van der Waals surface area (Å²) in [5.74, 6) is -5.20. The number of carbonyl (C=O) groups is 4. The molecule has 2 bridgehead atoms. The minimum Gasteiger partial charge on any atom is -0.479 e. The number of ketones is 1. The zero-order valence-electron chi connectivity index (χ0n) is 20.5. The molecule has 2 aliphatic rings. The fourth-order valence-corrected chi connectivity index (χ4v) is 5.16. The summed E-state index contributed by atoms with van der Waals surface area (Å²) in [5.41, 5.74) is -3.93. The van der Waals surface area contributed by atoms with E-state index in [0.29, 0.717) is 12.0 Å². The van der Waals surface area contributed by atoms with Gasteiger partial charge in [0, 0.05) is 25.7 Å². The summed E-state index contributed by atoms with van der Waals surface area (Å²) in [7, 11) is 0. The molecule has 0 aliphatic carbocycles. The molecule has 0 spiro atoms. The predicted molar refractivity (Wildman–Crippen MR) is 125 cm³/mol. The number of aldehydes is 1. The molecule has 4 unspecified atom stereocenters. The number of aliphatic hydroxyl groups is 2. The summed E-state index contributed by atoms with van der Waals surface area (Å²) in [6.07, 6.45) is -4.44. The number of carboxylic acid groups (broad SMARTS) is 1. The maximum atomic E-state index is 12.3. The highest BCUT2D eigenvalue weighted by atomic mass is 16.8. The Kier molecular flexibility index (Phi) is 7.85. The molecule has 1 aromatic carbocycles. The highest BCUT2D eigenvalue weighted by Gasteiger charge is 2.77. The Morgan fingerprint density at radius 3 is 2.42 bits per heavy atom. The Hall–Kier alpha value is -2.92. The topological polar surface area (TPSA) is 157 Å². The lowest BCUT2D eigenvalue weighted by atomic mass is 9.76. The van der Waals surface area contributed by atoms with Crippen LogP contribution in [0.2, 0.25) is 0 Å². The second kappa shape index (κ2) is 10.2. The Bertz CT molecular complexity index is 1040. The van der Waals surface area contributed by atoms with Gasteiger partial charge in [-0.2, -0.15) is 0 Å². The van der Waals surface area contributed by atoms with Gasteiger partial charge in [-0.3, -0.25) is 14.4 Å². The maximum absolute atomic E-state index is 12.3. The van der Waals surface area contributed by atoms with Crippen molar-refractivity contribution in [3.8, 4) is 0 Å². The van der Waals surface area contributed by atoms with Gasteiger partial charge in [-0.1, -0.05) is 43.8 Å². The van der Waals surface area contributed by atoms with Gasteiger partial charge < -0.3 is 29.5 Å². The number of hydrogen-bond acceptors (Lipinski definition) is 9. The molecule has 10 heteroatoms. The minimum absolute atomic E-state index is 0.0635. The SMILES string of the molecule is C=C(CCC12OC(C(C)=O)C(O)(C=O)C(C(=O)O)(C[C@H]1O)O2)[C@@H](OC(C)=O)[C@H](C)Cc1ccccc1. The first-order chi connectivity index (χ1) is 16.8. The van der Waals surface area contributed by atoms with Crippen LogP contribution in [-0.2, 0) is 39.8 Å². The van der Waals surface area contributed by atoms with E-state index in [2.05, 4.69) is 6.58 Å². The van der Waals surface area contributed by atoms with Crippen molar-refractivity contribution in [3.05, 3.63) is 48.0 Å². The van der Waals surface area contributed by atoms with Crippen molar-refractivity contribution in [2.24, 2.45) is 5.92 Å². The second-order valence-corrected chi connectivity index (χ2v) is 9.67. The normalized spacial score (nSPS) is 32.8. The van der Waals surface area contributed by atoms with Crippen LogP contribution in [0.4, 0.5) is 0 Å². The van der Waals surface area contributed by atoms with Crippen molar-refractivity contribution in [2.45, 2.75) is 81.8 Å². The smallest absolute Gasteiger partial charge is 0.339 e. The molecular weight excluding hydrogens is 472 g/mol. The fourth-order valence-electron chi connectivity index (χ4n) is 5.16. The average molecular weight is 505 g/mol. The molecule has 3 N–H and O–H groups in total. The Balaban J connectivity index is 1.85. The number of hydrogen-bond donors (Lipinski definition) is 3. The number of aliphatic hydroxyl groups excluding tert-OH is 1. The molecule has 2 heterocycles. The van der Waals surface area contributed by atoms with E-state index >= 15 is 0 Å². The molecular formula is C26H32O10. The van der Waals surface area contributed by atoms with Crippen LogP contribution in [0.5, 0.6) is 0 Å². The van der Waals surface area contributed by atoms with E-state index in [4.69, 9.17) is 14.2 Å². The molecule has 2 saturated heterocycles. The van der Waals surface area contributed by atoms with Gasteiger partial charge >= 0.3 is 11.9 Å². The van der Waals surface area contributed by atoms with Crippen LogP contribution in [0.1, 0.15) is 45.6 Å². The zero-order valence-corrected chi connectivity index (χ0v) is 20.5. The molecule has 0 amide bonds. The number of Topliss-reactive ketones (excluding diaryl/α,β-unsaturated/α-hetero) is 1. The third kappa shape index (κ3) is 4.73. The number of esters is 1. The van der Waals surface area contributed by atoms with E-state index < -0.39 is 59.4 Å². The van der Waals surface area contributed by atoms with Crippen LogP contribution in [0.25, 0.3) is 0 Å². The lowest BCUT2D eigenvalue weighted by Gasteiger charge is -2.49. The van der Waals surface area contributed by atoms with E-state index in [-0.39, 0.29) is 25.0 Å². The number of fused-ring (bicyclic) bond motifs is 2. The van der Waals surface area contributed by atoms with Gasteiger partial charge in [-0.25, -0.2) is 4.79 Å². The third-order valence-corrected chi connectivity index (χ3v) is 7.00. The Labute approximate surface area is 208 Å². The van der Waals surface area contributed by atoms with Gasteiger partial charge in [-0.15, -0.1) is 0 Å². The molecule has 36 heavy (non-hydrogen) atoms. The van der Waals surface area contributed by atoms with Crippen LogP contribution in [-0.4, -0.2) is 74.6 Å². The summed E-state index contributed by atoms with van der Waals surface area (Å²) >= 11 is 0. The molecule has 196 valence electrons. The molecule has 0 saturated carbocycles. The van der Waals surface area contributed by atoms with Gasteiger partial charge in [-0.05, 0) is 30.9 Å². The monoisotopic (exact) mass is 504 g/mol. The van der Waals surface area contributed by atoms with Crippen LogP contribution >= 0.6 is 0 Å². The minimum atomic E-state index is -2.84. The van der Waals surface area contributed by atoms with Crippen molar-refractivity contribution in [2.75, 3.05) is 0 Å². The van der Waals surface area contributed by atoms with Gasteiger partial charge in [0.05, 0.1) is 0 Å².